The predicted molar refractivity (Wildman–Crippen MR) is 78.7 cm³/mol. The number of ether oxygens (including phenoxy) is 1. The lowest BCUT2D eigenvalue weighted by Gasteiger charge is -2.08. The molecule has 0 atom stereocenters. The normalized spacial score (nSPS) is 10.8. The molecule has 5 nitrogen and oxygen atoms in total. The molecule has 0 radical (unpaired) electrons. The Kier molecular flexibility index (Phi) is 3.50. The van der Waals surface area contributed by atoms with Gasteiger partial charge in [0.25, 0.3) is 6.01 Å². The fourth-order valence-corrected chi connectivity index (χ4v) is 2.32. The molecule has 22 heavy (non-hydrogen) atoms. The van der Waals surface area contributed by atoms with Gasteiger partial charge in [-0.05, 0) is 35.9 Å². The Hall–Kier alpha value is -2.89. The van der Waals surface area contributed by atoms with Crippen molar-refractivity contribution >= 4 is 17.0 Å². The van der Waals surface area contributed by atoms with Gasteiger partial charge in [-0.1, -0.05) is 12.1 Å². The summed E-state index contributed by atoms with van der Waals surface area (Å²) in [6, 6.07) is 11.2. The van der Waals surface area contributed by atoms with Crippen LogP contribution in [0.5, 0.6) is 6.01 Å². The number of carbonyl (C=O) groups is 1. The van der Waals surface area contributed by atoms with Crippen LogP contribution in [0.4, 0.5) is 4.39 Å². The second-order valence-corrected chi connectivity index (χ2v) is 4.82. The van der Waals surface area contributed by atoms with Crippen molar-refractivity contribution in [3.63, 3.8) is 0 Å². The van der Waals surface area contributed by atoms with Gasteiger partial charge in [0.15, 0.2) is 0 Å². The summed E-state index contributed by atoms with van der Waals surface area (Å²) in [5.74, 6) is -1.30. The molecule has 1 heterocycles. The summed E-state index contributed by atoms with van der Waals surface area (Å²) < 4.78 is 20.1. The first-order valence-corrected chi connectivity index (χ1v) is 6.60. The van der Waals surface area contributed by atoms with Crippen molar-refractivity contribution in [1.82, 2.24) is 9.55 Å². The molecule has 0 aliphatic heterocycles. The molecule has 112 valence electrons. The third-order valence-electron chi connectivity index (χ3n) is 3.40. The number of aromatic carboxylic acids is 1. The van der Waals surface area contributed by atoms with E-state index in [0.717, 1.165) is 11.1 Å². The number of aromatic nitrogens is 2. The van der Waals surface area contributed by atoms with Crippen LogP contribution < -0.4 is 4.74 Å². The van der Waals surface area contributed by atoms with E-state index < -0.39 is 5.97 Å². The third kappa shape index (κ3) is 2.50. The molecule has 1 N–H and O–H groups in total. The Morgan fingerprint density at radius 3 is 2.64 bits per heavy atom. The minimum atomic E-state index is -1.01. The molecule has 0 saturated heterocycles. The van der Waals surface area contributed by atoms with Crippen molar-refractivity contribution in [2.75, 3.05) is 7.11 Å². The quantitative estimate of drug-likeness (QED) is 0.804. The molecule has 1 aromatic heterocycles. The van der Waals surface area contributed by atoms with Gasteiger partial charge in [-0.2, -0.15) is 4.98 Å². The number of nitrogens with zero attached hydrogens (tertiary/aromatic N) is 2. The zero-order valence-electron chi connectivity index (χ0n) is 11.8. The number of carboxylic acids is 1. The van der Waals surface area contributed by atoms with Crippen LogP contribution >= 0.6 is 0 Å². The fourth-order valence-electron chi connectivity index (χ4n) is 2.32. The number of rotatable bonds is 4. The lowest BCUT2D eigenvalue weighted by atomic mass is 10.2. The van der Waals surface area contributed by atoms with E-state index >= 15 is 0 Å². The first kappa shape index (κ1) is 14.1. The maximum absolute atomic E-state index is 13.0. The lowest BCUT2D eigenvalue weighted by Crippen LogP contribution is -2.03. The van der Waals surface area contributed by atoms with Crippen molar-refractivity contribution < 1.29 is 19.0 Å². The lowest BCUT2D eigenvalue weighted by molar-refractivity contribution is 0.0697. The van der Waals surface area contributed by atoms with Crippen molar-refractivity contribution in [2.45, 2.75) is 6.54 Å². The largest absolute Gasteiger partial charge is 0.478 e. The zero-order valence-corrected chi connectivity index (χ0v) is 11.8. The summed E-state index contributed by atoms with van der Waals surface area (Å²) in [6.07, 6.45) is 0. The van der Waals surface area contributed by atoms with Crippen molar-refractivity contribution in [1.29, 1.82) is 0 Å². The molecular formula is C16H13FN2O3. The number of benzene rings is 2. The van der Waals surface area contributed by atoms with Crippen molar-refractivity contribution in [3.8, 4) is 6.01 Å². The van der Waals surface area contributed by atoms with E-state index in [4.69, 9.17) is 9.84 Å². The van der Waals surface area contributed by atoms with Gasteiger partial charge in [-0.15, -0.1) is 0 Å². The van der Waals surface area contributed by atoms with Crippen LogP contribution in [0.1, 0.15) is 15.9 Å². The van der Waals surface area contributed by atoms with E-state index in [2.05, 4.69) is 4.98 Å². The third-order valence-corrected chi connectivity index (χ3v) is 3.40. The minimum Gasteiger partial charge on any atom is -0.478 e. The molecule has 3 rings (SSSR count). The van der Waals surface area contributed by atoms with E-state index in [-0.39, 0.29) is 11.4 Å². The Balaban J connectivity index is 2.07. The van der Waals surface area contributed by atoms with E-state index in [0.29, 0.717) is 18.1 Å². The van der Waals surface area contributed by atoms with Crippen LogP contribution in [0, 0.1) is 5.82 Å². The number of imidazole rings is 1. The highest BCUT2D eigenvalue weighted by atomic mass is 19.1. The molecular weight excluding hydrogens is 287 g/mol. The molecule has 3 aromatic rings. The Morgan fingerprint density at radius 1 is 1.27 bits per heavy atom. The Morgan fingerprint density at radius 2 is 2.00 bits per heavy atom. The standard InChI is InChI=1S/C16H13FN2O3/c1-22-16-18-13-8-11(15(20)21)4-7-14(13)19(16)9-10-2-5-12(17)6-3-10/h2-8H,9H2,1H3,(H,20,21). The van der Waals surface area contributed by atoms with Crippen LogP contribution in [-0.4, -0.2) is 27.7 Å². The van der Waals surface area contributed by atoms with Gasteiger partial charge in [0.2, 0.25) is 0 Å². The van der Waals surface area contributed by atoms with Crippen LogP contribution in [0.15, 0.2) is 42.5 Å². The van der Waals surface area contributed by atoms with Gasteiger partial charge >= 0.3 is 5.97 Å². The first-order chi connectivity index (χ1) is 10.6. The van der Waals surface area contributed by atoms with Crippen molar-refractivity contribution in [2.24, 2.45) is 0 Å². The molecule has 0 spiro atoms. The number of halogens is 1. The number of hydrogen-bond donors (Lipinski definition) is 1. The molecule has 0 aliphatic rings. The first-order valence-electron chi connectivity index (χ1n) is 6.60. The topological polar surface area (TPSA) is 64.3 Å². The number of methoxy groups -OCH3 is 1. The van der Waals surface area contributed by atoms with Crippen LogP contribution in [0.3, 0.4) is 0 Å². The monoisotopic (exact) mass is 300 g/mol. The SMILES string of the molecule is COc1nc2cc(C(=O)O)ccc2n1Cc1ccc(F)cc1. The van der Waals surface area contributed by atoms with E-state index in [1.54, 1.807) is 18.2 Å². The molecule has 0 bridgehead atoms. The second-order valence-electron chi connectivity index (χ2n) is 4.82. The van der Waals surface area contributed by atoms with Crippen LogP contribution in [-0.2, 0) is 6.54 Å². The summed E-state index contributed by atoms with van der Waals surface area (Å²) in [7, 11) is 1.50. The molecule has 0 unspecified atom stereocenters. The van der Waals surface area contributed by atoms with Gasteiger partial charge in [0.05, 0.1) is 30.3 Å². The highest BCUT2D eigenvalue weighted by molar-refractivity contribution is 5.92. The van der Waals surface area contributed by atoms with Gasteiger partial charge in [0.1, 0.15) is 5.82 Å². The molecule has 2 aromatic carbocycles. The molecule has 0 amide bonds. The molecule has 0 saturated carbocycles. The number of carboxylic acid groups (broad SMARTS) is 1. The fraction of sp³-hybridized carbons (Fsp3) is 0.125. The van der Waals surface area contributed by atoms with Crippen molar-refractivity contribution in [3.05, 3.63) is 59.4 Å². The van der Waals surface area contributed by atoms with E-state index in [1.807, 2.05) is 4.57 Å². The van der Waals surface area contributed by atoms with Gasteiger partial charge < -0.3 is 9.84 Å². The summed E-state index contributed by atoms with van der Waals surface area (Å²) in [4.78, 5) is 15.3. The maximum atomic E-state index is 13.0. The Bertz CT molecular complexity index is 840. The second kappa shape index (κ2) is 5.48. The maximum Gasteiger partial charge on any atom is 0.335 e. The summed E-state index contributed by atoms with van der Waals surface area (Å²) in [5.41, 5.74) is 2.35. The highest BCUT2D eigenvalue weighted by Gasteiger charge is 2.14. The molecule has 0 fully saturated rings. The smallest absolute Gasteiger partial charge is 0.335 e. The van der Waals surface area contributed by atoms with Gasteiger partial charge in [0, 0.05) is 0 Å². The highest BCUT2D eigenvalue weighted by Crippen LogP contribution is 2.24. The average molecular weight is 300 g/mol. The Labute approximate surface area is 125 Å². The van der Waals surface area contributed by atoms with Crippen LogP contribution in [0.2, 0.25) is 0 Å². The summed E-state index contributed by atoms with van der Waals surface area (Å²) in [5, 5.41) is 9.04. The summed E-state index contributed by atoms with van der Waals surface area (Å²) in [6.45, 7) is 0.451. The average Bonchev–Trinajstić information content (AvgIpc) is 2.86. The molecule has 0 aliphatic carbocycles. The zero-order chi connectivity index (χ0) is 15.7. The van der Waals surface area contributed by atoms with Gasteiger partial charge in [-0.3, -0.25) is 4.57 Å². The number of hydrogen-bond acceptors (Lipinski definition) is 3. The predicted octanol–water partition coefficient (Wildman–Crippen LogP) is 2.93. The van der Waals surface area contributed by atoms with Gasteiger partial charge in [-0.25, -0.2) is 9.18 Å². The minimum absolute atomic E-state index is 0.168. The van der Waals surface area contributed by atoms with Crippen LogP contribution in [0.25, 0.3) is 11.0 Å². The number of fused-ring (bicyclic) bond motifs is 1. The van der Waals surface area contributed by atoms with E-state index in [9.17, 15) is 9.18 Å². The molecule has 6 heteroatoms. The van der Waals surface area contributed by atoms with E-state index in [1.165, 1.54) is 31.4 Å². The summed E-state index contributed by atoms with van der Waals surface area (Å²) >= 11 is 0.